The molecule has 1 amide bonds. The van der Waals surface area contributed by atoms with E-state index in [0.717, 1.165) is 43.4 Å². The first-order valence-corrected chi connectivity index (χ1v) is 8.96. The molecule has 2 saturated heterocycles. The number of ether oxygens (including phenoxy) is 1. The Balaban J connectivity index is 1.47. The van der Waals surface area contributed by atoms with Crippen LogP contribution >= 0.6 is 0 Å². The van der Waals surface area contributed by atoms with Crippen molar-refractivity contribution in [3.8, 4) is 0 Å². The normalized spacial score (nSPS) is 20.9. The Kier molecular flexibility index (Phi) is 5.85. The monoisotopic (exact) mass is 333 g/mol. The summed E-state index contributed by atoms with van der Waals surface area (Å²) >= 11 is 0. The molecule has 3 heterocycles. The van der Waals surface area contributed by atoms with Gasteiger partial charge in [0.15, 0.2) is 0 Å². The maximum absolute atomic E-state index is 11.9. The lowest BCUT2D eigenvalue weighted by molar-refractivity contribution is -0.129. The Labute approximate surface area is 143 Å². The molecule has 2 aliphatic heterocycles. The number of piperidine rings is 1. The SMILES string of the molecule is Cc1nc(NCCNC(=O)C2CCCO2)cc(N2CCCCC2)n1. The number of rotatable bonds is 6. The van der Waals surface area contributed by atoms with E-state index in [1.165, 1.54) is 19.3 Å². The molecular formula is C17H27N5O2. The number of carbonyl (C=O) groups is 1. The van der Waals surface area contributed by atoms with Crippen LogP contribution in [0.5, 0.6) is 0 Å². The van der Waals surface area contributed by atoms with Gasteiger partial charge >= 0.3 is 0 Å². The van der Waals surface area contributed by atoms with Gasteiger partial charge in [-0.15, -0.1) is 0 Å². The lowest BCUT2D eigenvalue weighted by Crippen LogP contribution is -2.36. The Hall–Kier alpha value is -1.89. The molecule has 0 radical (unpaired) electrons. The predicted molar refractivity (Wildman–Crippen MR) is 93.3 cm³/mol. The third-order valence-electron chi connectivity index (χ3n) is 4.46. The predicted octanol–water partition coefficient (Wildman–Crippen LogP) is 1.48. The molecule has 3 rings (SSSR count). The molecule has 132 valence electrons. The van der Waals surface area contributed by atoms with Gasteiger partial charge in [-0.05, 0) is 39.0 Å². The topological polar surface area (TPSA) is 79.4 Å². The minimum absolute atomic E-state index is 0.0119. The van der Waals surface area contributed by atoms with Gasteiger partial charge in [0.2, 0.25) is 5.91 Å². The minimum Gasteiger partial charge on any atom is -0.368 e. The fraction of sp³-hybridized carbons (Fsp3) is 0.706. The maximum atomic E-state index is 11.9. The van der Waals surface area contributed by atoms with Gasteiger partial charge in [-0.2, -0.15) is 0 Å². The van der Waals surface area contributed by atoms with Crippen molar-refractivity contribution in [1.29, 1.82) is 0 Å². The molecule has 7 heteroatoms. The molecule has 0 saturated carbocycles. The largest absolute Gasteiger partial charge is 0.368 e. The van der Waals surface area contributed by atoms with Gasteiger partial charge in [0, 0.05) is 38.9 Å². The fourth-order valence-corrected chi connectivity index (χ4v) is 3.20. The van der Waals surface area contributed by atoms with Crippen molar-refractivity contribution in [2.24, 2.45) is 0 Å². The fourth-order valence-electron chi connectivity index (χ4n) is 3.20. The summed E-state index contributed by atoms with van der Waals surface area (Å²) in [5, 5.41) is 6.18. The summed E-state index contributed by atoms with van der Waals surface area (Å²) < 4.78 is 5.37. The van der Waals surface area contributed by atoms with Crippen molar-refractivity contribution >= 4 is 17.5 Å². The average molecular weight is 333 g/mol. The van der Waals surface area contributed by atoms with Gasteiger partial charge in [0.05, 0.1) is 0 Å². The van der Waals surface area contributed by atoms with Gasteiger partial charge in [-0.25, -0.2) is 9.97 Å². The van der Waals surface area contributed by atoms with E-state index in [2.05, 4.69) is 25.5 Å². The van der Waals surface area contributed by atoms with Gasteiger partial charge in [0.1, 0.15) is 23.6 Å². The number of amides is 1. The summed E-state index contributed by atoms with van der Waals surface area (Å²) in [6.45, 7) is 5.92. The first-order chi connectivity index (χ1) is 11.7. The van der Waals surface area contributed by atoms with Crippen molar-refractivity contribution in [1.82, 2.24) is 15.3 Å². The molecule has 1 aromatic heterocycles. The zero-order valence-corrected chi connectivity index (χ0v) is 14.4. The van der Waals surface area contributed by atoms with Crippen LogP contribution in [0.2, 0.25) is 0 Å². The van der Waals surface area contributed by atoms with E-state index in [1.54, 1.807) is 0 Å². The third-order valence-corrected chi connectivity index (χ3v) is 4.46. The molecule has 1 unspecified atom stereocenters. The molecule has 0 bridgehead atoms. The number of hydrogen-bond acceptors (Lipinski definition) is 6. The lowest BCUT2D eigenvalue weighted by atomic mass is 10.1. The first-order valence-electron chi connectivity index (χ1n) is 8.96. The summed E-state index contributed by atoms with van der Waals surface area (Å²) in [4.78, 5) is 23.2. The molecule has 1 aromatic rings. The van der Waals surface area contributed by atoms with Crippen molar-refractivity contribution in [2.45, 2.75) is 45.1 Å². The molecule has 2 N–H and O–H groups in total. The lowest BCUT2D eigenvalue weighted by Gasteiger charge is -2.28. The molecule has 1 atom stereocenters. The number of anilines is 2. The van der Waals surface area contributed by atoms with E-state index in [4.69, 9.17) is 4.74 Å². The molecule has 2 fully saturated rings. The van der Waals surface area contributed by atoms with E-state index in [-0.39, 0.29) is 12.0 Å². The van der Waals surface area contributed by atoms with Crippen LogP contribution < -0.4 is 15.5 Å². The van der Waals surface area contributed by atoms with Gasteiger partial charge < -0.3 is 20.3 Å². The zero-order chi connectivity index (χ0) is 16.8. The molecule has 0 aliphatic carbocycles. The highest BCUT2D eigenvalue weighted by atomic mass is 16.5. The van der Waals surface area contributed by atoms with Crippen LogP contribution in [0.3, 0.4) is 0 Å². The molecular weight excluding hydrogens is 306 g/mol. The molecule has 7 nitrogen and oxygen atoms in total. The second kappa shape index (κ2) is 8.28. The second-order valence-electron chi connectivity index (χ2n) is 6.43. The van der Waals surface area contributed by atoms with Crippen molar-refractivity contribution in [2.75, 3.05) is 43.0 Å². The average Bonchev–Trinajstić information content (AvgIpc) is 3.14. The summed E-state index contributed by atoms with van der Waals surface area (Å²) in [5.41, 5.74) is 0. The third kappa shape index (κ3) is 4.56. The number of nitrogens with one attached hydrogen (secondary N) is 2. The molecule has 0 spiro atoms. The number of nitrogens with zero attached hydrogens (tertiary/aromatic N) is 3. The highest BCUT2D eigenvalue weighted by Crippen LogP contribution is 2.20. The van der Waals surface area contributed by atoms with E-state index < -0.39 is 0 Å². The Morgan fingerprint density at radius 3 is 2.83 bits per heavy atom. The molecule has 24 heavy (non-hydrogen) atoms. The van der Waals surface area contributed by atoms with Crippen LogP contribution in [0.15, 0.2) is 6.07 Å². The van der Waals surface area contributed by atoms with Crippen molar-refractivity contribution in [3.63, 3.8) is 0 Å². The van der Waals surface area contributed by atoms with Gasteiger partial charge in [-0.3, -0.25) is 4.79 Å². The minimum atomic E-state index is -0.267. The Morgan fingerprint density at radius 1 is 1.25 bits per heavy atom. The van der Waals surface area contributed by atoms with Crippen molar-refractivity contribution in [3.05, 3.63) is 11.9 Å². The Bertz CT molecular complexity index is 554. The number of carbonyl (C=O) groups excluding carboxylic acids is 1. The van der Waals surface area contributed by atoms with Crippen LogP contribution in [0.25, 0.3) is 0 Å². The molecule has 2 aliphatic rings. The number of hydrogen-bond donors (Lipinski definition) is 2. The van der Waals surface area contributed by atoms with Crippen molar-refractivity contribution < 1.29 is 9.53 Å². The standard InChI is InChI=1S/C17H27N5O2/c1-13-20-15(12-16(21-13)22-9-3-2-4-10-22)18-7-8-19-17(23)14-6-5-11-24-14/h12,14H,2-11H2,1H3,(H,19,23)(H,18,20,21). The summed E-state index contributed by atoms with van der Waals surface area (Å²) in [6.07, 6.45) is 5.27. The maximum Gasteiger partial charge on any atom is 0.249 e. The first kappa shape index (κ1) is 17.0. The second-order valence-corrected chi connectivity index (χ2v) is 6.43. The summed E-state index contributed by atoms with van der Waals surface area (Å²) in [6, 6.07) is 2.00. The van der Waals surface area contributed by atoms with Gasteiger partial charge in [0.25, 0.3) is 0 Å². The van der Waals surface area contributed by atoms with Crippen LogP contribution in [-0.2, 0) is 9.53 Å². The van der Waals surface area contributed by atoms with E-state index in [1.807, 2.05) is 13.0 Å². The van der Waals surface area contributed by atoms with Crippen LogP contribution in [0.4, 0.5) is 11.6 Å². The number of aryl methyl sites for hydroxylation is 1. The summed E-state index contributed by atoms with van der Waals surface area (Å²) in [7, 11) is 0. The summed E-state index contributed by atoms with van der Waals surface area (Å²) in [5.74, 6) is 2.56. The Morgan fingerprint density at radius 2 is 2.08 bits per heavy atom. The van der Waals surface area contributed by atoms with Crippen LogP contribution in [0.1, 0.15) is 37.9 Å². The van der Waals surface area contributed by atoms with Crippen LogP contribution in [-0.4, -0.2) is 54.8 Å². The highest BCUT2D eigenvalue weighted by Gasteiger charge is 2.22. The molecule has 0 aromatic carbocycles. The zero-order valence-electron chi connectivity index (χ0n) is 14.4. The smallest absolute Gasteiger partial charge is 0.249 e. The highest BCUT2D eigenvalue weighted by molar-refractivity contribution is 5.80. The van der Waals surface area contributed by atoms with E-state index in [0.29, 0.717) is 19.7 Å². The van der Waals surface area contributed by atoms with E-state index >= 15 is 0 Å². The number of aromatic nitrogens is 2. The van der Waals surface area contributed by atoms with Crippen LogP contribution in [0, 0.1) is 6.92 Å². The van der Waals surface area contributed by atoms with Gasteiger partial charge in [-0.1, -0.05) is 0 Å². The van der Waals surface area contributed by atoms with E-state index in [9.17, 15) is 4.79 Å². The quantitative estimate of drug-likeness (QED) is 0.768.